The van der Waals surface area contributed by atoms with Gasteiger partial charge in [0.25, 0.3) is 0 Å². The predicted octanol–water partition coefficient (Wildman–Crippen LogP) is 3.15. The fraction of sp³-hybridized carbons (Fsp3) is 0.389. The number of hydrogen-bond donors (Lipinski definition) is 0. The van der Waals surface area contributed by atoms with Crippen molar-refractivity contribution >= 4 is 0 Å². The average Bonchev–Trinajstić information content (AvgIpc) is 2.69. The zero-order chi connectivity index (χ0) is 14.5. The third-order valence-electron chi connectivity index (χ3n) is 4.01. The van der Waals surface area contributed by atoms with Crippen LogP contribution < -0.4 is 4.74 Å². The standard InChI is InChI=1S/C18H22N2O/c1-20(14-16-5-4-9-19-12-16)13-15-8-10-21-18-7-3-2-6-17(18)11-15/h2-7,9,12,15H,8,10-11,13-14H2,1H3. The van der Waals surface area contributed by atoms with Gasteiger partial charge in [0.15, 0.2) is 0 Å². The van der Waals surface area contributed by atoms with E-state index in [9.17, 15) is 0 Å². The first kappa shape index (κ1) is 14.1. The Bertz CT molecular complexity index is 570. The van der Waals surface area contributed by atoms with Crippen molar-refractivity contribution in [2.75, 3.05) is 20.2 Å². The Balaban J connectivity index is 1.60. The van der Waals surface area contributed by atoms with Gasteiger partial charge in [-0.05, 0) is 49.1 Å². The Morgan fingerprint density at radius 1 is 1.24 bits per heavy atom. The molecule has 1 unspecified atom stereocenters. The summed E-state index contributed by atoms with van der Waals surface area (Å²) in [4.78, 5) is 6.57. The van der Waals surface area contributed by atoms with Gasteiger partial charge in [-0.1, -0.05) is 24.3 Å². The third kappa shape index (κ3) is 3.82. The Labute approximate surface area is 126 Å². The second kappa shape index (κ2) is 6.72. The van der Waals surface area contributed by atoms with Crippen LogP contribution in [0, 0.1) is 5.92 Å². The predicted molar refractivity (Wildman–Crippen MR) is 84.3 cm³/mol. The number of benzene rings is 1. The summed E-state index contributed by atoms with van der Waals surface area (Å²) in [6, 6.07) is 12.6. The molecule has 0 saturated heterocycles. The molecule has 1 aliphatic rings. The van der Waals surface area contributed by atoms with Crippen LogP contribution in [0.25, 0.3) is 0 Å². The van der Waals surface area contributed by atoms with Gasteiger partial charge in [-0.3, -0.25) is 4.98 Å². The maximum Gasteiger partial charge on any atom is 0.122 e. The van der Waals surface area contributed by atoms with Gasteiger partial charge in [0.05, 0.1) is 6.61 Å². The van der Waals surface area contributed by atoms with E-state index in [0.29, 0.717) is 5.92 Å². The summed E-state index contributed by atoms with van der Waals surface area (Å²) in [6.07, 6.45) is 5.99. The summed E-state index contributed by atoms with van der Waals surface area (Å²) >= 11 is 0. The van der Waals surface area contributed by atoms with Crippen molar-refractivity contribution in [2.45, 2.75) is 19.4 Å². The lowest BCUT2D eigenvalue weighted by Crippen LogP contribution is -2.27. The SMILES string of the molecule is CN(Cc1cccnc1)CC1CCOc2ccccc2C1. The lowest BCUT2D eigenvalue weighted by atomic mass is 9.96. The van der Waals surface area contributed by atoms with Gasteiger partial charge in [0.2, 0.25) is 0 Å². The molecule has 3 nitrogen and oxygen atoms in total. The van der Waals surface area contributed by atoms with E-state index in [-0.39, 0.29) is 0 Å². The van der Waals surface area contributed by atoms with E-state index >= 15 is 0 Å². The fourth-order valence-corrected chi connectivity index (χ4v) is 3.03. The lowest BCUT2D eigenvalue weighted by molar-refractivity contribution is 0.235. The van der Waals surface area contributed by atoms with Crippen LogP contribution >= 0.6 is 0 Å². The normalized spacial score (nSPS) is 17.9. The van der Waals surface area contributed by atoms with Crippen LogP contribution in [0.15, 0.2) is 48.8 Å². The topological polar surface area (TPSA) is 25.4 Å². The zero-order valence-corrected chi connectivity index (χ0v) is 12.5. The first-order valence-corrected chi connectivity index (χ1v) is 7.59. The highest BCUT2D eigenvalue weighted by Gasteiger charge is 2.18. The Hall–Kier alpha value is -1.87. The number of pyridine rings is 1. The van der Waals surface area contributed by atoms with Crippen molar-refractivity contribution in [2.24, 2.45) is 5.92 Å². The lowest BCUT2D eigenvalue weighted by Gasteiger charge is -2.22. The molecule has 1 atom stereocenters. The summed E-state index contributed by atoms with van der Waals surface area (Å²) < 4.78 is 5.85. The molecule has 21 heavy (non-hydrogen) atoms. The number of para-hydroxylation sites is 1. The zero-order valence-electron chi connectivity index (χ0n) is 12.5. The van der Waals surface area contributed by atoms with Gasteiger partial charge in [-0.2, -0.15) is 0 Å². The Kier molecular flexibility index (Phi) is 4.51. The summed E-state index contributed by atoms with van der Waals surface area (Å²) in [6.45, 7) is 2.86. The van der Waals surface area contributed by atoms with Crippen molar-refractivity contribution in [1.29, 1.82) is 0 Å². The molecule has 3 heteroatoms. The second-order valence-corrected chi connectivity index (χ2v) is 5.87. The van der Waals surface area contributed by atoms with Crippen LogP contribution in [0.1, 0.15) is 17.5 Å². The third-order valence-corrected chi connectivity index (χ3v) is 4.01. The van der Waals surface area contributed by atoms with E-state index in [1.54, 1.807) is 0 Å². The van der Waals surface area contributed by atoms with Gasteiger partial charge in [-0.25, -0.2) is 0 Å². The van der Waals surface area contributed by atoms with E-state index in [2.05, 4.69) is 41.2 Å². The second-order valence-electron chi connectivity index (χ2n) is 5.87. The largest absolute Gasteiger partial charge is 0.493 e. The van der Waals surface area contributed by atoms with E-state index in [4.69, 9.17) is 4.74 Å². The minimum Gasteiger partial charge on any atom is -0.493 e. The van der Waals surface area contributed by atoms with Crippen LogP contribution in [-0.2, 0) is 13.0 Å². The molecule has 0 radical (unpaired) electrons. The minimum absolute atomic E-state index is 0.648. The van der Waals surface area contributed by atoms with Crippen LogP contribution in [0.4, 0.5) is 0 Å². The highest BCUT2D eigenvalue weighted by atomic mass is 16.5. The van der Waals surface area contributed by atoms with Crippen LogP contribution in [0.2, 0.25) is 0 Å². The summed E-state index contributed by atoms with van der Waals surface area (Å²) in [5.41, 5.74) is 2.61. The summed E-state index contributed by atoms with van der Waals surface area (Å²) in [7, 11) is 2.19. The molecular weight excluding hydrogens is 260 g/mol. The molecule has 3 rings (SSSR count). The molecule has 1 aliphatic heterocycles. The van der Waals surface area contributed by atoms with Crippen LogP contribution in [0.3, 0.4) is 0 Å². The van der Waals surface area contributed by atoms with Crippen LogP contribution in [0.5, 0.6) is 5.75 Å². The molecule has 2 aromatic rings. The van der Waals surface area contributed by atoms with E-state index in [1.807, 2.05) is 24.5 Å². The molecule has 2 heterocycles. The molecular formula is C18H22N2O. The highest BCUT2D eigenvalue weighted by molar-refractivity contribution is 5.34. The molecule has 110 valence electrons. The molecule has 0 bridgehead atoms. The van der Waals surface area contributed by atoms with Gasteiger partial charge in [0.1, 0.15) is 5.75 Å². The summed E-state index contributed by atoms with van der Waals surface area (Å²) in [5, 5.41) is 0. The molecule has 0 amide bonds. The molecule has 0 fully saturated rings. The van der Waals surface area contributed by atoms with Crippen LogP contribution in [-0.4, -0.2) is 30.1 Å². The first-order valence-electron chi connectivity index (χ1n) is 7.59. The van der Waals surface area contributed by atoms with Gasteiger partial charge >= 0.3 is 0 Å². The monoisotopic (exact) mass is 282 g/mol. The van der Waals surface area contributed by atoms with Gasteiger partial charge < -0.3 is 9.64 Å². The molecule has 0 aliphatic carbocycles. The summed E-state index contributed by atoms with van der Waals surface area (Å²) in [5.74, 6) is 1.71. The Morgan fingerprint density at radius 3 is 3.00 bits per heavy atom. The average molecular weight is 282 g/mol. The van der Waals surface area contributed by atoms with E-state index in [0.717, 1.165) is 38.3 Å². The molecule has 0 saturated carbocycles. The minimum atomic E-state index is 0.648. The number of nitrogens with zero attached hydrogens (tertiary/aromatic N) is 2. The maximum absolute atomic E-state index is 5.85. The van der Waals surface area contributed by atoms with Gasteiger partial charge in [-0.15, -0.1) is 0 Å². The number of fused-ring (bicyclic) bond motifs is 1. The quantitative estimate of drug-likeness (QED) is 0.861. The van der Waals surface area contributed by atoms with Crippen molar-refractivity contribution in [1.82, 2.24) is 9.88 Å². The van der Waals surface area contributed by atoms with Gasteiger partial charge in [0, 0.05) is 25.5 Å². The molecule has 1 aromatic heterocycles. The van der Waals surface area contributed by atoms with Crippen molar-refractivity contribution in [3.63, 3.8) is 0 Å². The number of ether oxygens (including phenoxy) is 1. The number of rotatable bonds is 4. The molecule has 0 spiro atoms. The van der Waals surface area contributed by atoms with Crippen molar-refractivity contribution < 1.29 is 4.74 Å². The molecule has 0 N–H and O–H groups in total. The maximum atomic E-state index is 5.85. The smallest absolute Gasteiger partial charge is 0.122 e. The number of hydrogen-bond acceptors (Lipinski definition) is 3. The van der Waals surface area contributed by atoms with Crippen molar-refractivity contribution in [3.8, 4) is 5.75 Å². The number of aromatic nitrogens is 1. The van der Waals surface area contributed by atoms with E-state index < -0.39 is 0 Å². The highest BCUT2D eigenvalue weighted by Crippen LogP contribution is 2.27. The first-order chi connectivity index (χ1) is 10.3. The van der Waals surface area contributed by atoms with E-state index in [1.165, 1.54) is 11.1 Å². The molecule has 1 aromatic carbocycles. The Morgan fingerprint density at radius 2 is 2.14 bits per heavy atom. The fourth-order valence-electron chi connectivity index (χ4n) is 3.03. The van der Waals surface area contributed by atoms with Crippen molar-refractivity contribution in [3.05, 3.63) is 59.9 Å².